The molecule has 0 bridgehead atoms. The molecule has 27 heavy (non-hydrogen) atoms. The highest BCUT2D eigenvalue weighted by Gasteiger charge is 2.51. The number of rotatable bonds is 4. The van der Waals surface area contributed by atoms with Gasteiger partial charge in [-0.05, 0) is 43.7 Å². The molecule has 1 unspecified atom stereocenters. The Bertz CT molecular complexity index is 998. The summed E-state index contributed by atoms with van der Waals surface area (Å²) in [6.07, 6.45) is -0.0141. The highest BCUT2D eigenvalue weighted by Crippen LogP contribution is 2.50. The SMILES string of the molecule is CC(C)Oc1ccc(O)c(C2(c3ccccc3)C(=O)Nc3ccccc32)c1. The van der Waals surface area contributed by atoms with Crippen molar-refractivity contribution in [2.24, 2.45) is 0 Å². The van der Waals surface area contributed by atoms with E-state index in [9.17, 15) is 9.90 Å². The average molecular weight is 359 g/mol. The number of phenolic OH excluding ortho intramolecular Hbond substituents is 1. The largest absolute Gasteiger partial charge is 0.508 e. The number of carbonyl (C=O) groups excluding carboxylic acids is 1. The molecule has 0 aliphatic carbocycles. The Balaban J connectivity index is 2.04. The molecule has 1 amide bonds. The van der Waals surface area contributed by atoms with Crippen LogP contribution < -0.4 is 10.1 Å². The molecular weight excluding hydrogens is 338 g/mol. The molecule has 4 nitrogen and oxygen atoms in total. The molecule has 0 radical (unpaired) electrons. The van der Waals surface area contributed by atoms with Gasteiger partial charge in [-0.1, -0.05) is 48.5 Å². The van der Waals surface area contributed by atoms with Crippen LogP contribution in [-0.4, -0.2) is 17.1 Å². The second-order valence-electron chi connectivity index (χ2n) is 6.96. The number of aromatic hydroxyl groups is 1. The van der Waals surface area contributed by atoms with Gasteiger partial charge in [0.2, 0.25) is 5.91 Å². The lowest BCUT2D eigenvalue weighted by atomic mass is 9.70. The van der Waals surface area contributed by atoms with E-state index in [4.69, 9.17) is 4.74 Å². The Morgan fingerprint density at radius 2 is 1.63 bits per heavy atom. The first-order chi connectivity index (χ1) is 13.0. The van der Waals surface area contributed by atoms with Crippen molar-refractivity contribution in [3.63, 3.8) is 0 Å². The summed E-state index contributed by atoms with van der Waals surface area (Å²) in [5.41, 5.74) is 1.73. The Labute approximate surface area is 158 Å². The molecule has 0 fully saturated rings. The van der Waals surface area contributed by atoms with Crippen LogP contribution in [0.15, 0.2) is 72.8 Å². The molecule has 1 aliphatic heterocycles. The first-order valence-corrected chi connectivity index (χ1v) is 9.00. The van der Waals surface area contributed by atoms with Gasteiger partial charge in [0.15, 0.2) is 0 Å². The minimum absolute atomic E-state index is 0.0141. The van der Waals surface area contributed by atoms with Gasteiger partial charge in [0.05, 0.1) is 6.10 Å². The van der Waals surface area contributed by atoms with Crippen molar-refractivity contribution >= 4 is 11.6 Å². The minimum Gasteiger partial charge on any atom is -0.508 e. The monoisotopic (exact) mass is 359 g/mol. The molecule has 1 atom stereocenters. The molecule has 4 rings (SSSR count). The third kappa shape index (κ3) is 2.65. The van der Waals surface area contributed by atoms with Crippen LogP contribution in [0.25, 0.3) is 0 Å². The van der Waals surface area contributed by atoms with Crippen LogP contribution in [-0.2, 0) is 10.2 Å². The molecule has 136 valence electrons. The fourth-order valence-electron chi connectivity index (χ4n) is 3.82. The van der Waals surface area contributed by atoms with Gasteiger partial charge >= 0.3 is 0 Å². The van der Waals surface area contributed by atoms with Crippen LogP contribution in [0, 0.1) is 0 Å². The molecule has 1 heterocycles. The van der Waals surface area contributed by atoms with E-state index in [1.165, 1.54) is 0 Å². The van der Waals surface area contributed by atoms with Gasteiger partial charge in [-0.3, -0.25) is 4.79 Å². The second-order valence-corrected chi connectivity index (χ2v) is 6.96. The molecule has 3 aromatic carbocycles. The summed E-state index contributed by atoms with van der Waals surface area (Å²) < 4.78 is 5.83. The van der Waals surface area contributed by atoms with Gasteiger partial charge in [0.25, 0.3) is 0 Å². The number of phenols is 1. The van der Waals surface area contributed by atoms with Gasteiger partial charge in [-0.2, -0.15) is 0 Å². The van der Waals surface area contributed by atoms with Crippen LogP contribution in [0.5, 0.6) is 11.5 Å². The number of fused-ring (bicyclic) bond motifs is 1. The van der Waals surface area contributed by atoms with Crippen molar-refractivity contribution < 1.29 is 14.6 Å². The highest BCUT2D eigenvalue weighted by atomic mass is 16.5. The lowest BCUT2D eigenvalue weighted by Gasteiger charge is -2.30. The Kier molecular flexibility index (Phi) is 4.11. The standard InChI is InChI=1S/C23H21NO3/c1-15(2)27-17-12-13-21(25)19(14-17)23(16-8-4-3-5-9-16)18-10-6-7-11-20(18)24-22(23)26/h3-15,25H,1-2H3,(H,24,26). The lowest BCUT2D eigenvalue weighted by molar-refractivity contribution is -0.118. The average Bonchev–Trinajstić information content (AvgIpc) is 2.96. The second kappa shape index (κ2) is 6.47. The van der Waals surface area contributed by atoms with E-state index in [0.717, 1.165) is 16.8 Å². The minimum atomic E-state index is -1.14. The van der Waals surface area contributed by atoms with E-state index >= 15 is 0 Å². The summed E-state index contributed by atoms with van der Waals surface area (Å²) in [6.45, 7) is 3.88. The highest BCUT2D eigenvalue weighted by molar-refractivity contribution is 6.11. The van der Waals surface area contributed by atoms with Crippen LogP contribution in [0.4, 0.5) is 5.69 Å². The van der Waals surface area contributed by atoms with Gasteiger partial charge in [-0.25, -0.2) is 0 Å². The van der Waals surface area contributed by atoms with Gasteiger partial charge < -0.3 is 15.2 Å². The van der Waals surface area contributed by atoms with E-state index in [1.807, 2.05) is 68.4 Å². The Hall–Kier alpha value is -3.27. The maximum absolute atomic E-state index is 13.4. The number of anilines is 1. The number of para-hydroxylation sites is 1. The van der Waals surface area contributed by atoms with Crippen molar-refractivity contribution in [1.29, 1.82) is 0 Å². The molecule has 4 heteroatoms. The van der Waals surface area contributed by atoms with E-state index in [1.54, 1.807) is 18.2 Å². The summed E-state index contributed by atoms with van der Waals surface area (Å²) in [5, 5.41) is 13.7. The number of ether oxygens (including phenoxy) is 1. The van der Waals surface area contributed by atoms with Gasteiger partial charge in [0.1, 0.15) is 16.9 Å². The zero-order chi connectivity index (χ0) is 19.0. The van der Waals surface area contributed by atoms with Crippen molar-refractivity contribution in [1.82, 2.24) is 0 Å². The number of nitrogens with one attached hydrogen (secondary N) is 1. The Morgan fingerprint density at radius 1 is 0.926 bits per heavy atom. The molecular formula is C23H21NO3. The van der Waals surface area contributed by atoms with Crippen LogP contribution in [0.3, 0.4) is 0 Å². The van der Waals surface area contributed by atoms with E-state index in [2.05, 4.69) is 5.32 Å². The van der Waals surface area contributed by atoms with E-state index < -0.39 is 5.41 Å². The summed E-state index contributed by atoms with van der Waals surface area (Å²) in [5.74, 6) is 0.485. The van der Waals surface area contributed by atoms with Crippen LogP contribution >= 0.6 is 0 Å². The number of benzene rings is 3. The summed E-state index contributed by atoms with van der Waals surface area (Å²) in [7, 11) is 0. The molecule has 0 aromatic heterocycles. The first kappa shape index (κ1) is 17.2. The zero-order valence-corrected chi connectivity index (χ0v) is 15.3. The number of carbonyl (C=O) groups is 1. The fraction of sp³-hybridized carbons (Fsp3) is 0.174. The van der Waals surface area contributed by atoms with Crippen LogP contribution in [0.2, 0.25) is 0 Å². The van der Waals surface area contributed by atoms with Crippen molar-refractivity contribution in [3.8, 4) is 11.5 Å². The third-order valence-electron chi connectivity index (χ3n) is 4.87. The molecule has 2 N–H and O–H groups in total. The molecule has 0 saturated carbocycles. The summed E-state index contributed by atoms with van der Waals surface area (Å²) in [6, 6.07) is 22.2. The van der Waals surface area contributed by atoms with Gasteiger partial charge in [-0.15, -0.1) is 0 Å². The van der Waals surface area contributed by atoms with Crippen molar-refractivity contribution in [3.05, 3.63) is 89.5 Å². The number of hydrogen-bond acceptors (Lipinski definition) is 3. The van der Waals surface area contributed by atoms with Crippen molar-refractivity contribution in [2.75, 3.05) is 5.32 Å². The predicted octanol–water partition coefficient (Wildman–Crippen LogP) is 4.47. The van der Waals surface area contributed by atoms with Crippen LogP contribution in [0.1, 0.15) is 30.5 Å². The maximum atomic E-state index is 13.4. The molecule has 1 aliphatic rings. The van der Waals surface area contributed by atoms with Crippen molar-refractivity contribution in [2.45, 2.75) is 25.4 Å². The Morgan fingerprint density at radius 3 is 2.37 bits per heavy atom. The van der Waals surface area contributed by atoms with E-state index in [-0.39, 0.29) is 17.8 Å². The topological polar surface area (TPSA) is 58.6 Å². The smallest absolute Gasteiger partial charge is 0.244 e. The van der Waals surface area contributed by atoms with E-state index in [0.29, 0.717) is 11.3 Å². The summed E-state index contributed by atoms with van der Waals surface area (Å²) in [4.78, 5) is 13.4. The molecule has 0 saturated heterocycles. The first-order valence-electron chi connectivity index (χ1n) is 9.00. The number of hydrogen-bond donors (Lipinski definition) is 2. The molecule has 3 aromatic rings. The normalized spacial score (nSPS) is 18.3. The maximum Gasteiger partial charge on any atom is 0.244 e. The fourth-order valence-corrected chi connectivity index (χ4v) is 3.82. The van der Waals surface area contributed by atoms with Gasteiger partial charge in [0, 0.05) is 16.8 Å². The third-order valence-corrected chi connectivity index (χ3v) is 4.87. The molecule has 0 spiro atoms. The quantitative estimate of drug-likeness (QED) is 0.723. The number of amides is 1. The lowest BCUT2D eigenvalue weighted by Crippen LogP contribution is -2.37. The zero-order valence-electron chi connectivity index (χ0n) is 15.3. The predicted molar refractivity (Wildman–Crippen MR) is 105 cm³/mol. The summed E-state index contributed by atoms with van der Waals surface area (Å²) >= 11 is 0.